The van der Waals surface area contributed by atoms with Crippen molar-refractivity contribution in [1.29, 1.82) is 0 Å². The van der Waals surface area contributed by atoms with Gasteiger partial charge in [-0.25, -0.2) is 4.39 Å². The molecule has 3 atom stereocenters. The van der Waals surface area contributed by atoms with Gasteiger partial charge in [0.2, 0.25) is 0 Å². The van der Waals surface area contributed by atoms with Gasteiger partial charge in [0, 0.05) is 18.7 Å². The Kier molecular flexibility index (Phi) is 4.17. The van der Waals surface area contributed by atoms with Gasteiger partial charge in [0.05, 0.1) is 12.6 Å². The maximum absolute atomic E-state index is 14.2. The van der Waals surface area contributed by atoms with Crippen LogP contribution in [0.4, 0.5) is 4.39 Å². The minimum Gasteiger partial charge on any atom is -0.484 e. The van der Waals surface area contributed by atoms with Gasteiger partial charge in [0.15, 0.2) is 11.6 Å². The summed E-state index contributed by atoms with van der Waals surface area (Å²) in [5.41, 5.74) is 1.96. The Morgan fingerprint density at radius 2 is 2.04 bits per heavy atom. The number of likely N-dealkylation sites (tertiary alicyclic amines) is 1. The second-order valence-electron chi connectivity index (χ2n) is 6.46. The molecule has 2 heterocycles. The van der Waals surface area contributed by atoms with Crippen molar-refractivity contribution in [3.8, 4) is 5.75 Å². The summed E-state index contributed by atoms with van der Waals surface area (Å²) in [4.78, 5) is 14.6. The Morgan fingerprint density at radius 1 is 1.24 bits per heavy atom. The first-order chi connectivity index (χ1) is 12.2. The molecule has 0 spiro atoms. The highest BCUT2D eigenvalue weighted by molar-refractivity contribution is 5.74. The molecule has 0 unspecified atom stereocenters. The molecular formula is C20H20FNO3. The summed E-state index contributed by atoms with van der Waals surface area (Å²) >= 11 is 0. The van der Waals surface area contributed by atoms with Crippen LogP contribution in [0.25, 0.3) is 0 Å². The average molecular weight is 341 g/mol. The highest BCUT2D eigenvalue weighted by Crippen LogP contribution is 2.49. The van der Waals surface area contributed by atoms with Crippen LogP contribution in [0.3, 0.4) is 0 Å². The normalized spacial score (nSPS) is 24.5. The molecule has 130 valence electrons. The molecular weight excluding hydrogens is 321 g/mol. The predicted octanol–water partition coefficient (Wildman–Crippen LogP) is 3.32. The molecule has 0 bridgehead atoms. The molecule has 4 nitrogen and oxygen atoms in total. The summed E-state index contributed by atoms with van der Waals surface area (Å²) in [6.45, 7) is 3.33. The maximum Gasteiger partial charge on any atom is 0.314 e. The van der Waals surface area contributed by atoms with Crippen LogP contribution in [0.5, 0.6) is 5.75 Å². The molecule has 0 amide bonds. The lowest BCUT2D eigenvalue weighted by atomic mass is 9.98. The van der Waals surface area contributed by atoms with Gasteiger partial charge in [-0.2, -0.15) is 0 Å². The van der Waals surface area contributed by atoms with E-state index in [1.807, 2.05) is 24.3 Å². The van der Waals surface area contributed by atoms with E-state index >= 15 is 0 Å². The zero-order chi connectivity index (χ0) is 17.4. The van der Waals surface area contributed by atoms with E-state index < -0.39 is 12.0 Å². The third kappa shape index (κ3) is 2.78. The molecule has 0 aromatic heterocycles. The molecule has 0 saturated carbocycles. The molecule has 0 aliphatic carbocycles. The fourth-order valence-corrected chi connectivity index (χ4v) is 3.88. The van der Waals surface area contributed by atoms with E-state index in [0.29, 0.717) is 19.7 Å². The van der Waals surface area contributed by atoms with E-state index in [4.69, 9.17) is 9.47 Å². The van der Waals surface area contributed by atoms with Crippen LogP contribution in [0.15, 0.2) is 48.5 Å². The van der Waals surface area contributed by atoms with Crippen molar-refractivity contribution in [2.24, 2.45) is 5.92 Å². The van der Waals surface area contributed by atoms with Crippen LogP contribution in [0, 0.1) is 11.7 Å². The monoisotopic (exact) mass is 341 g/mol. The van der Waals surface area contributed by atoms with E-state index in [2.05, 4.69) is 17.0 Å². The zero-order valence-corrected chi connectivity index (χ0v) is 14.0. The van der Waals surface area contributed by atoms with Crippen LogP contribution in [-0.2, 0) is 16.1 Å². The molecule has 4 rings (SSSR count). The SMILES string of the molecule is CCOC(=O)[C@@H]1CN(Cc2ccccc2)[C@H]2c3cccc(F)c3O[C@@H]12. The Labute approximate surface area is 146 Å². The Morgan fingerprint density at radius 3 is 2.80 bits per heavy atom. The first-order valence-corrected chi connectivity index (χ1v) is 8.58. The molecule has 2 aromatic carbocycles. The Balaban J connectivity index is 1.68. The van der Waals surface area contributed by atoms with Gasteiger partial charge < -0.3 is 9.47 Å². The van der Waals surface area contributed by atoms with Crippen molar-refractivity contribution >= 4 is 5.97 Å². The molecule has 0 radical (unpaired) electrons. The van der Waals surface area contributed by atoms with Gasteiger partial charge in [-0.1, -0.05) is 42.5 Å². The summed E-state index contributed by atoms with van der Waals surface area (Å²) in [6.07, 6.45) is -0.408. The van der Waals surface area contributed by atoms with Gasteiger partial charge >= 0.3 is 5.97 Å². The predicted molar refractivity (Wildman–Crippen MR) is 90.5 cm³/mol. The van der Waals surface area contributed by atoms with Crippen molar-refractivity contribution in [1.82, 2.24) is 4.90 Å². The lowest BCUT2D eigenvalue weighted by Crippen LogP contribution is -2.31. The van der Waals surface area contributed by atoms with Crippen molar-refractivity contribution in [3.05, 3.63) is 65.5 Å². The summed E-state index contributed by atoms with van der Waals surface area (Å²) in [5, 5.41) is 0. The smallest absolute Gasteiger partial charge is 0.314 e. The highest BCUT2D eigenvalue weighted by atomic mass is 19.1. The number of fused-ring (bicyclic) bond motifs is 3. The number of hydrogen-bond acceptors (Lipinski definition) is 4. The van der Waals surface area contributed by atoms with Crippen LogP contribution < -0.4 is 4.74 Å². The summed E-state index contributed by atoms with van der Waals surface area (Å²) in [7, 11) is 0. The minimum absolute atomic E-state index is 0.139. The number of carbonyl (C=O) groups is 1. The number of ether oxygens (including phenoxy) is 2. The van der Waals surface area contributed by atoms with Gasteiger partial charge in [-0.05, 0) is 18.6 Å². The topological polar surface area (TPSA) is 38.8 Å². The number of benzene rings is 2. The molecule has 5 heteroatoms. The number of esters is 1. The number of para-hydroxylation sites is 1. The highest BCUT2D eigenvalue weighted by Gasteiger charge is 2.53. The summed E-state index contributed by atoms with van der Waals surface area (Å²) in [6, 6.07) is 14.9. The van der Waals surface area contributed by atoms with Crippen LogP contribution in [0.1, 0.15) is 24.1 Å². The quantitative estimate of drug-likeness (QED) is 0.800. The van der Waals surface area contributed by atoms with E-state index in [9.17, 15) is 9.18 Å². The van der Waals surface area contributed by atoms with Gasteiger partial charge in [0.1, 0.15) is 12.0 Å². The standard InChI is InChI=1S/C20H20FNO3/c1-2-24-20(23)15-12-22(11-13-7-4-3-5-8-13)17-14-9-6-10-16(21)18(14)25-19(15)17/h3-10,15,17,19H,2,11-12H2,1H3/t15-,17+,19+/m1/s1. The largest absolute Gasteiger partial charge is 0.484 e. The molecule has 1 saturated heterocycles. The lowest BCUT2D eigenvalue weighted by Gasteiger charge is -2.22. The molecule has 25 heavy (non-hydrogen) atoms. The first-order valence-electron chi connectivity index (χ1n) is 8.58. The number of hydrogen-bond donors (Lipinski definition) is 0. The Bertz CT molecular complexity index is 780. The lowest BCUT2D eigenvalue weighted by molar-refractivity contribution is -0.149. The van der Waals surface area contributed by atoms with E-state index in [1.54, 1.807) is 13.0 Å². The van der Waals surface area contributed by atoms with Gasteiger partial charge in [-0.3, -0.25) is 9.69 Å². The summed E-state index contributed by atoms with van der Waals surface area (Å²) < 4.78 is 25.3. The van der Waals surface area contributed by atoms with Crippen molar-refractivity contribution in [3.63, 3.8) is 0 Å². The van der Waals surface area contributed by atoms with Gasteiger partial charge in [-0.15, -0.1) is 0 Å². The third-order valence-electron chi connectivity index (χ3n) is 4.92. The molecule has 2 aliphatic rings. The van der Waals surface area contributed by atoms with E-state index in [1.165, 1.54) is 6.07 Å². The third-order valence-corrected chi connectivity index (χ3v) is 4.92. The number of carbonyl (C=O) groups excluding carboxylic acids is 1. The summed E-state index contributed by atoms with van der Waals surface area (Å²) in [5.74, 6) is -0.805. The second kappa shape index (κ2) is 6.48. The van der Waals surface area contributed by atoms with Crippen molar-refractivity contribution in [2.45, 2.75) is 25.6 Å². The number of nitrogens with zero attached hydrogens (tertiary/aromatic N) is 1. The first kappa shape index (κ1) is 16.1. The molecule has 1 fully saturated rings. The van der Waals surface area contributed by atoms with Crippen LogP contribution in [0.2, 0.25) is 0 Å². The van der Waals surface area contributed by atoms with Crippen LogP contribution in [-0.4, -0.2) is 30.1 Å². The van der Waals surface area contributed by atoms with Crippen molar-refractivity contribution < 1.29 is 18.7 Å². The van der Waals surface area contributed by atoms with Crippen LogP contribution >= 0.6 is 0 Å². The maximum atomic E-state index is 14.2. The van der Waals surface area contributed by atoms with E-state index in [0.717, 1.165) is 11.1 Å². The zero-order valence-electron chi connectivity index (χ0n) is 14.0. The Hall–Kier alpha value is -2.40. The average Bonchev–Trinajstić information content (AvgIpc) is 3.15. The molecule has 2 aromatic rings. The second-order valence-corrected chi connectivity index (χ2v) is 6.46. The fraction of sp³-hybridized carbons (Fsp3) is 0.350. The van der Waals surface area contributed by atoms with Crippen molar-refractivity contribution in [2.75, 3.05) is 13.2 Å². The molecule has 2 aliphatic heterocycles. The van der Waals surface area contributed by atoms with Gasteiger partial charge in [0.25, 0.3) is 0 Å². The number of halogens is 1. The minimum atomic E-state index is -0.416. The fourth-order valence-electron chi connectivity index (χ4n) is 3.88. The van der Waals surface area contributed by atoms with E-state index in [-0.39, 0.29) is 23.6 Å². The molecule has 0 N–H and O–H groups in total. The number of rotatable bonds is 4.